The highest BCUT2D eigenvalue weighted by molar-refractivity contribution is 9.11. The van der Waals surface area contributed by atoms with Gasteiger partial charge in [-0.15, -0.1) is 11.6 Å². The van der Waals surface area contributed by atoms with Crippen molar-refractivity contribution in [2.24, 2.45) is 0 Å². The number of hydrogen-bond donors (Lipinski definition) is 0. The summed E-state index contributed by atoms with van der Waals surface area (Å²) in [6.45, 7) is 4.00. The van der Waals surface area contributed by atoms with E-state index in [0.717, 1.165) is 33.3 Å². The van der Waals surface area contributed by atoms with Crippen LogP contribution in [0.3, 0.4) is 0 Å². The minimum Gasteiger partial charge on any atom is -0.489 e. The van der Waals surface area contributed by atoms with Gasteiger partial charge in [0.25, 0.3) is 0 Å². The molecule has 0 aliphatic carbocycles. The maximum atomic E-state index is 5.78. The van der Waals surface area contributed by atoms with Gasteiger partial charge in [-0.05, 0) is 56.0 Å². The SMILES string of the molecule is CCCOCCOc1c(Br)cc(CCl)cc1Br. The van der Waals surface area contributed by atoms with Crippen molar-refractivity contribution in [3.8, 4) is 5.75 Å². The fourth-order valence-electron chi connectivity index (χ4n) is 1.28. The van der Waals surface area contributed by atoms with Crippen LogP contribution in [0.2, 0.25) is 0 Å². The molecule has 0 saturated heterocycles. The Morgan fingerprint density at radius 1 is 1.12 bits per heavy atom. The van der Waals surface area contributed by atoms with E-state index in [1.165, 1.54) is 0 Å². The largest absolute Gasteiger partial charge is 0.489 e. The molecule has 0 heterocycles. The Labute approximate surface area is 124 Å². The van der Waals surface area contributed by atoms with Crippen LogP contribution in [0.5, 0.6) is 5.75 Å². The van der Waals surface area contributed by atoms with E-state index in [2.05, 4.69) is 38.8 Å². The summed E-state index contributed by atoms with van der Waals surface area (Å²) in [5.41, 5.74) is 1.04. The van der Waals surface area contributed by atoms with E-state index in [9.17, 15) is 0 Å². The Kier molecular flexibility index (Phi) is 7.51. The van der Waals surface area contributed by atoms with E-state index in [-0.39, 0.29) is 0 Å². The molecule has 2 nitrogen and oxygen atoms in total. The first-order valence-corrected chi connectivity index (χ1v) is 7.55. The van der Waals surface area contributed by atoms with Gasteiger partial charge in [0.1, 0.15) is 12.4 Å². The molecule has 1 aromatic carbocycles. The lowest BCUT2D eigenvalue weighted by atomic mass is 10.2. The van der Waals surface area contributed by atoms with Crippen LogP contribution in [0.4, 0.5) is 0 Å². The fourth-order valence-corrected chi connectivity index (χ4v) is 2.94. The Morgan fingerprint density at radius 2 is 1.76 bits per heavy atom. The van der Waals surface area contributed by atoms with Crippen LogP contribution in [-0.2, 0) is 10.6 Å². The van der Waals surface area contributed by atoms with Gasteiger partial charge >= 0.3 is 0 Å². The molecule has 0 atom stereocenters. The quantitative estimate of drug-likeness (QED) is 0.497. The summed E-state index contributed by atoms with van der Waals surface area (Å²) in [5, 5.41) is 0. The highest BCUT2D eigenvalue weighted by atomic mass is 79.9. The van der Waals surface area contributed by atoms with Gasteiger partial charge in [-0.1, -0.05) is 6.92 Å². The van der Waals surface area contributed by atoms with Crippen molar-refractivity contribution in [1.82, 2.24) is 0 Å². The first-order valence-electron chi connectivity index (χ1n) is 5.43. The third-order valence-electron chi connectivity index (χ3n) is 2.03. The minimum atomic E-state index is 0.483. The average Bonchev–Trinajstić information content (AvgIpc) is 2.31. The molecule has 1 aromatic rings. The second kappa shape index (κ2) is 8.35. The first-order chi connectivity index (χ1) is 8.19. The molecule has 0 aliphatic heterocycles. The van der Waals surface area contributed by atoms with Crippen molar-refractivity contribution >= 4 is 43.5 Å². The van der Waals surface area contributed by atoms with E-state index < -0.39 is 0 Å². The number of rotatable bonds is 7. The molecule has 0 aliphatic rings. The van der Waals surface area contributed by atoms with Gasteiger partial charge in [0, 0.05) is 12.5 Å². The predicted octanol–water partition coefficient (Wildman–Crippen LogP) is 4.76. The Morgan fingerprint density at radius 3 is 2.29 bits per heavy atom. The first kappa shape index (κ1) is 15.3. The molecule has 0 fully saturated rings. The standard InChI is InChI=1S/C12H15Br2ClO2/c1-2-3-16-4-5-17-12-10(13)6-9(8-15)7-11(12)14/h6-7H,2-5,8H2,1H3. The zero-order chi connectivity index (χ0) is 12.7. The molecule has 0 unspecified atom stereocenters. The molecule has 0 bridgehead atoms. The third kappa shape index (κ3) is 5.16. The van der Waals surface area contributed by atoms with E-state index in [1.807, 2.05) is 12.1 Å². The molecule has 96 valence electrons. The lowest BCUT2D eigenvalue weighted by molar-refractivity contribution is 0.100. The highest BCUT2D eigenvalue weighted by Crippen LogP contribution is 2.35. The fraction of sp³-hybridized carbons (Fsp3) is 0.500. The van der Waals surface area contributed by atoms with Gasteiger partial charge in [-0.3, -0.25) is 0 Å². The second-order valence-corrected chi connectivity index (χ2v) is 5.46. The molecule has 17 heavy (non-hydrogen) atoms. The van der Waals surface area contributed by atoms with Crippen molar-refractivity contribution in [3.63, 3.8) is 0 Å². The number of ether oxygens (including phenoxy) is 2. The van der Waals surface area contributed by atoms with Crippen LogP contribution in [-0.4, -0.2) is 19.8 Å². The smallest absolute Gasteiger partial charge is 0.147 e. The molecule has 5 heteroatoms. The Hall–Kier alpha value is 0.230. The third-order valence-corrected chi connectivity index (χ3v) is 3.52. The van der Waals surface area contributed by atoms with Crippen molar-refractivity contribution in [2.75, 3.05) is 19.8 Å². The van der Waals surface area contributed by atoms with Crippen molar-refractivity contribution < 1.29 is 9.47 Å². The van der Waals surface area contributed by atoms with Crippen LogP contribution in [0.25, 0.3) is 0 Å². The summed E-state index contributed by atoms with van der Waals surface area (Å²) in [4.78, 5) is 0. The second-order valence-electron chi connectivity index (χ2n) is 3.48. The summed E-state index contributed by atoms with van der Waals surface area (Å²) in [6, 6.07) is 3.92. The molecular formula is C12H15Br2ClO2. The molecule has 0 amide bonds. The number of halogens is 3. The maximum absolute atomic E-state index is 5.78. The van der Waals surface area contributed by atoms with Gasteiger partial charge in [-0.2, -0.15) is 0 Å². The lowest BCUT2D eigenvalue weighted by Crippen LogP contribution is -2.07. The van der Waals surface area contributed by atoms with Crippen molar-refractivity contribution in [3.05, 3.63) is 26.6 Å². The van der Waals surface area contributed by atoms with Crippen LogP contribution >= 0.6 is 43.5 Å². The monoisotopic (exact) mass is 384 g/mol. The topological polar surface area (TPSA) is 18.5 Å². The van der Waals surface area contributed by atoms with Crippen LogP contribution in [0.1, 0.15) is 18.9 Å². The zero-order valence-corrected chi connectivity index (χ0v) is 13.6. The Bertz CT molecular complexity index is 335. The van der Waals surface area contributed by atoms with Crippen LogP contribution < -0.4 is 4.74 Å². The molecule has 0 saturated carbocycles. The van der Waals surface area contributed by atoms with E-state index in [0.29, 0.717) is 19.1 Å². The minimum absolute atomic E-state index is 0.483. The molecule has 0 spiro atoms. The van der Waals surface area contributed by atoms with Crippen molar-refractivity contribution in [1.29, 1.82) is 0 Å². The summed E-state index contributed by atoms with van der Waals surface area (Å²) < 4.78 is 12.8. The summed E-state index contributed by atoms with van der Waals surface area (Å²) in [5.74, 6) is 1.27. The van der Waals surface area contributed by atoms with Crippen molar-refractivity contribution in [2.45, 2.75) is 19.2 Å². The van der Waals surface area contributed by atoms with E-state index in [4.69, 9.17) is 21.1 Å². The average molecular weight is 387 g/mol. The molecule has 0 N–H and O–H groups in total. The molecular weight excluding hydrogens is 371 g/mol. The van der Waals surface area contributed by atoms with Gasteiger partial charge in [0.15, 0.2) is 0 Å². The summed E-state index contributed by atoms with van der Waals surface area (Å²) in [6.07, 6.45) is 1.03. The number of benzene rings is 1. The van der Waals surface area contributed by atoms with Crippen LogP contribution in [0, 0.1) is 0 Å². The predicted molar refractivity (Wildman–Crippen MR) is 78.0 cm³/mol. The van der Waals surface area contributed by atoms with Gasteiger partial charge in [-0.25, -0.2) is 0 Å². The number of alkyl halides is 1. The zero-order valence-electron chi connectivity index (χ0n) is 9.64. The summed E-state index contributed by atoms with van der Waals surface area (Å²) in [7, 11) is 0. The number of hydrogen-bond acceptors (Lipinski definition) is 2. The molecule has 0 aromatic heterocycles. The lowest BCUT2D eigenvalue weighted by Gasteiger charge is -2.11. The van der Waals surface area contributed by atoms with Gasteiger partial charge in [0.05, 0.1) is 15.6 Å². The summed E-state index contributed by atoms with van der Waals surface area (Å²) >= 11 is 12.7. The highest BCUT2D eigenvalue weighted by Gasteiger charge is 2.08. The maximum Gasteiger partial charge on any atom is 0.147 e. The molecule has 0 radical (unpaired) electrons. The normalized spacial score (nSPS) is 10.6. The van der Waals surface area contributed by atoms with E-state index in [1.54, 1.807) is 0 Å². The Balaban J connectivity index is 2.53. The molecule has 1 rings (SSSR count). The van der Waals surface area contributed by atoms with Gasteiger partial charge in [0.2, 0.25) is 0 Å². The van der Waals surface area contributed by atoms with Gasteiger partial charge < -0.3 is 9.47 Å². The van der Waals surface area contributed by atoms with E-state index >= 15 is 0 Å². The van der Waals surface area contributed by atoms with Crippen LogP contribution in [0.15, 0.2) is 21.1 Å².